The summed E-state index contributed by atoms with van der Waals surface area (Å²) >= 11 is 0. The van der Waals surface area contributed by atoms with Crippen LogP contribution in [0.5, 0.6) is 11.5 Å². The van der Waals surface area contributed by atoms with Gasteiger partial charge in [-0.25, -0.2) is 0 Å². The number of quaternary nitrogens is 1. The Labute approximate surface area is 138 Å². The van der Waals surface area contributed by atoms with Crippen LogP contribution in [0.4, 0.5) is 5.69 Å². The number of rotatable bonds is 6. The number of nitrogens with two attached hydrogens (primary N) is 1. The van der Waals surface area contributed by atoms with E-state index < -0.39 is 0 Å². The molecule has 23 heavy (non-hydrogen) atoms. The van der Waals surface area contributed by atoms with Crippen molar-refractivity contribution in [3.05, 3.63) is 18.2 Å². The lowest BCUT2D eigenvalue weighted by atomic mass is 9.97. The number of benzene rings is 1. The zero-order valence-corrected chi connectivity index (χ0v) is 14.3. The molecule has 1 saturated carbocycles. The lowest BCUT2D eigenvalue weighted by Gasteiger charge is -2.18. The second kappa shape index (κ2) is 9.40. The second-order valence-electron chi connectivity index (χ2n) is 6.16. The molecule has 1 aromatic rings. The number of anilines is 1. The fourth-order valence-electron chi connectivity index (χ4n) is 3.12. The minimum absolute atomic E-state index is 0.0271. The minimum atomic E-state index is 0.0271. The molecule has 1 aromatic carbocycles. The van der Waals surface area contributed by atoms with Crippen LogP contribution in [0.2, 0.25) is 0 Å². The predicted molar refractivity (Wildman–Crippen MR) is 91.1 cm³/mol. The zero-order valence-electron chi connectivity index (χ0n) is 14.3. The van der Waals surface area contributed by atoms with E-state index in [1.54, 1.807) is 26.4 Å². The molecule has 0 bridgehead atoms. The van der Waals surface area contributed by atoms with Gasteiger partial charge in [0.1, 0.15) is 0 Å². The van der Waals surface area contributed by atoms with Crippen molar-refractivity contribution in [3.63, 3.8) is 0 Å². The van der Waals surface area contributed by atoms with Crippen LogP contribution in [0.15, 0.2) is 18.2 Å². The average Bonchev–Trinajstić information content (AvgIpc) is 2.53. The third-order valence-electron chi connectivity index (χ3n) is 4.45. The number of nitrogens with one attached hydrogen (secondary N) is 1. The molecule has 2 rings (SSSR count). The molecule has 0 aliphatic heterocycles. The van der Waals surface area contributed by atoms with E-state index in [4.69, 9.17) is 9.47 Å². The van der Waals surface area contributed by atoms with Gasteiger partial charge < -0.3 is 20.1 Å². The van der Waals surface area contributed by atoms with Gasteiger partial charge in [0.05, 0.1) is 20.3 Å². The minimum Gasteiger partial charge on any atom is -0.493 e. The maximum Gasteiger partial charge on any atom is 0.279 e. The first kappa shape index (κ1) is 17.6. The quantitative estimate of drug-likeness (QED) is 0.845. The fourth-order valence-corrected chi connectivity index (χ4v) is 3.12. The van der Waals surface area contributed by atoms with Crippen molar-refractivity contribution < 1.29 is 19.6 Å². The Morgan fingerprint density at radius 1 is 1.09 bits per heavy atom. The van der Waals surface area contributed by atoms with E-state index in [0.29, 0.717) is 24.1 Å². The number of carbonyl (C=O) groups is 1. The van der Waals surface area contributed by atoms with Crippen molar-refractivity contribution >= 4 is 11.6 Å². The van der Waals surface area contributed by atoms with Crippen molar-refractivity contribution in [1.29, 1.82) is 0 Å². The Balaban J connectivity index is 1.82. The van der Waals surface area contributed by atoms with Crippen LogP contribution in [-0.4, -0.2) is 32.7 Å². The van der Waals surface area contributed by atoms with Gasteiger partial charge in [-0.15, -0.1) is 0 Å². The van der Waals surface area contributed by atoms with Gasteiger partial charge in [0.2, 0.25) is 0 Å². The summed E-state index contributed by atoms with van der Waals surface area (Å²) in [6.45, 7) is 0.471. The highest BCUT2D eigenvalue weighted by Gasteiger charge is 2.16. The van der Waals surface area contributed by atoms with Gasteiger partial charge in [-0.05, 0) is 37.8 Å². The smallest absolute Gasteiger partial charge is 0.279 e. The summed E-state index contributed by atoms with van der Waals surface area (Å²) in [5.41, 5.74) is 0.735. The highest BCUT2D eigenvalue weighted by atomic mass is 16.5. The number of carbonyl (C=O) groups excluding carboxylic acids is 1. The van der Waals surface area contributed by atoms with Gasteiger partial charge >= 0.3 is 0 Å². The van der Waals surface area contributed by atoms with Crippen molar-refractivity contribution in [1.82, 2.24) is 0 Å². The van der Waals surface area contributed by atoms with Crippen LogP contribution in [0.25, 0.3) is 0 Å². The topological polar surface area (TPSA) is 64.2 Å². The number of ether oxygens (including phenoxy) is 2. The van der Waals surface area contributed by atoms with Crippen molar-refractivity contribution in [2.45, 2.75) is 51.0 Å². The summed E-state index contributed by atoms with van der Waals surface area (Å²) in [5.74, 6) is 1.31. The van der Waals surface area contributed by atoms with Crippen LogP contribution in [0, 0.1) is 0 Å². The number of methoxy groups -OCH3 is 2. The third kappa shape index (κ3) is 5.75. The van der Waals surface area contributed by atoms with E-state index in [-0.39, 0.29) is 5.91 Å². The standard InChI is InChI=1S/C18H28N2O3/c1-22-16-11-10-15(12-17(16)23-2)20-18(21)13-19-14-8-6-4-3-5-7-9-14/h10-12,14,19H,3-9,13H2,1-2H3,(H,20,21)/p+1. The molecular formula is C18H29N2O3+. The Kier molecular flexibility index (Phi) is 7.20. The molecule has 1 fully saturated rings. The van der Waals surface area contributed by atoms with Gasteiger partial charge in [0, 0.05) is 11.8 Å². The third-order valence-corrected chi connectivity index (χ3v) is 4.45. The van der Waals surface area contributed by atoms with E-state index in [9.17, 15) is 4.79 Å². The Bertz CT molecular complexity index is 497. The Morgan fingerprint density at radius 2 is 1.74 bits per heavy atom. The van der Waals surface area contributed by atoms with E-state index >= 15 is 0 Å². The van der Waals surface area contributed by atoms with Crippen LogP contribution in [0.3, 0.4) is 0 Å². The van der Waals surface area contributed by atoms with E-state index in [1.165, 1.54) is 44.9 Å². The lowest BCUT2D eigenvalue weighted by Crippen LogP contribution is -2.91. The van der Waals surface area contributed by atoms with E-state index in [0.717, 1.165) is 5.69 Å². The van der Waals surface area contributed by atoms with Crippen molar-refractivity contribution in [3.8, 4) is 11.5 Å². The summed E-state index contributed by atoms with van der Waals surface area (Å²) < 4.78 is 10.5. The highest BCUT2D eigenvalue weighted by molar-refractivity contribution is 5.91. The predicted octanol–water partition coefficient (Wildman–Crippen LogP) is 2.32. The van der Waals surface area contributed by atoms with Gasteiger partial charge in [-0.1, -0.05) is 19.3 Å². The highest BCUT2D eigenvalue weighted by Crippen LogP contribution is 2.29. The van der Waals surface area contributed by atoms with Crippen LogP contribution >= 0.6 is 0 Å². The summed E-state index contributed by atoms with van der Waals surface area (Å²) in [7, 11) is 3.19. The number of hydrogen-bond acceptors (Lipinski definition) is 3. The molecule has 0 atom stereocenters. The monoisotopic (exact) mass is 321 g/mol. The Morgan fingerprint density at radius 3 is 2.39 bits per heavy atom. The largest absolute Gasteiger partial charge is 0.493 e. The molecule has 1 aliphatic rings. The Hall–Kier alpha value is -1.75. The van der Waals surface area contributed by atoms with Crippen molar-refractivity contribution in [2.75, 3.05) is 26.1 Å². The molecule has 5 nitrogen and oxygen atoms in total. The van der Waals surface area contributed by atoms with Crippen LogP contribution in [0.1, 0.15) is 44.9 Å². The molecule has 5 heteroatoms. The molecule has 128 valence electrons. The zero-order chi connectivity index (χ0) is 16.5. The molecule has 1 amide bonds. The average molecular weight is 321 g/mol. The first-order valence-corrected chi connectivity index (χ1v) is 8.58. The number of hydrogen-bond donors (Lipinski definition) is 2. The first-order valence-electron chi connectivity index (χ1n) is 8.58. The van der Waals surface area contributed by atoms with E-state index in [2.05, 4.69) is 10.6 Å². The van der Waals surface area contributed by atoms with Gasteiger partial charge in [0.25, 0.3) is 5.91 Å². The van der Waals surface area contributed by atoms with Crippen LogP contribution < -0.4 is 20.1 Å². The molecule has 0 saturated heterocycles. The molecule has 0 aromatic heterocycles. The number of amides is 1. The van der Waals surface area contributed by atoms with Gasteiger partial charge in [0.15, 0.2) is 18.0 Å². The molecule has 0 spiro atoms. The maximum absolute atomic E-state index is 12.1. The van der Waals surface area contributed by atoms with Crippen molar-refractivity contribution in [2.24, 2.45) is 0 Å². The molecule has 0 radical (unpaired) electrons. The molecular weight excluding hydrogens is 292 g/mol. The fraction of sp³-hybridized carbons (Fsp3) is 0.611. The van der Waals surface area contributed by atoms with E-state index in [1.807, 2.05) is 6.07 Å². The second-order valence-corrected chi connectivity index (χ2v) is 6.16. The molecule has 0 heterocycles. The molecule has 0 unspecified atom stereocenters. The SMILES string of the molecule is COc1ccc(NC(=O)C[NH2+]C2CCCCCCC2)cc1OC. The normalized spacial score (nSPS) is 16.3. The lowest BCUT2D eigenvalue weighted by molar-refractivity contribution is -0.680. The summed E-state index contributed by atoms with van der Waals surface area (Å²) in [6, 6.07) is 6.00. The molecule has 3 N–H and O–H groups in total. The van der Waals surface area contributed by atoms with Crippen LogP contribution in [-0.2, 0) is 4.79 Å². The molecule has 1 aliphatic carbocycles. The first-order chi connectivity index (χ1) is 11.2. The maximum atomic E-state index is 12.1. The van der Waals surface area contributed by atoms with Gasteiger partial charge in [-0.2, -0.15) is 0 Å². The summed E-state index contributed by atoms with van der Waals surface area (Å²) in [4.78, 5) is 12.1. The summed E-state index contributed by atoms with van der Waals surface area (Å²) in [6.07, 6.45) is 9.07. The van der Waals surface area contributed by atoms with Gasteiger partial charge in [-0.3, -0.25) is 4.79 Å². The summed E-state index contributed by atoms with van der Waals surface area (Å²) in [5, 5.41) is 5.13.